The number of benzene rings is 1. The molecule has 1 aromatic carbocycles. The van der Waals surface area contributed by atoms with Crippen molar-refractivity contribution in [2.24, 2.45) is 5.73 Å². The van der Waals surface area contributed by atoms with Crippen molar-refractivity contribution in [3.8, 4) is 11.5 Å². The Kier molecular flexibility index (Phi) is 4.22. The van der Waals surface area contributed by atoms with Crippen LogP contribution >= 0.6 is 11.3 Å². The zero-order valence-electron chi connectivity index (χ0n) is 12.6. The first-order valence-corrected chi connectivity index (χ1v) is 7.63. The third-order valence-electron chi connectivity index (χ3n) is 3.29. The van der Waals surface area contributed by atoms with Crippen LogP contribution in [0.4, 0.5) is 0 Å². The van der Waals surface area contributed by atoms with Gasteiger partial charge < -0.3 is 15.2 Å². The van der Waals surface area contributed by atoms with Crippen molar-refractivity contribution in [3.63, 3.8) is 0 Å². The molecule has 0 saturated carbocycles. The summed E-state index contributed by atoms with van der Waals surface area (Å²) < 4.78 is 11.7. The molecule has 120 valence electrons. The summed E-state index contributed by atoms with van der Waals surface area (Å²) in [6.07, 6.45) is 0.324. The van der Waals surface area contributed by atoms with Gasteiger partial charge in [0.05, 0.1) is 14.2 Å². The van der Waals surface area contributed by atoms with Crippen molar-refractivity contribution < 1.29 is 9.47 Å². The smallest absolute Gasteiger partial charge is 0.297 e. The van der Waals surface area contributed by atoms with Gasteiger partial charge >= 0.3 is 0 Å². The standard InChI is InChI=1S/C14H15N5O3S/c1-21-10-4-3-8(6-11(10)22-2)5-9-13(20)19-14(17-16-9)23-12(7-15)18-19/h3-4,6H,5,7,15H2,1-2H3. The lowest BCUT2D eigenvalue weighted by Crippen LogP contribution is -2.22. The fourth-order valence-electron chi connectivity index (χ4n) is 2.16. The SMILES string of the molecule is COc1ccc(Cc2nnc3sc(CN)nn3c2=O)cc1OC. The maximum Gasteiger partial charge on any atom is 0.297 e. The van der Waals surface area contributed by atoms with Crippen LogP contribution in [0.25, 0.3) is 4.96 Å². The van der Waals surface area contributed by atoms with E-state index in [1.807, 2.05) is 6.07 Å². The zero-order chi connectivity index (χ0) is 16.4. The van der Waals surface area contributed by atoms with Crippen molar-refractivity contribution in [2.75, 3.05) is 14.2 Å². The molecule has 0 aliphatic heterocycles. The maximum atomic E-state index is 12.4. The lowest BCUT2D eigenvalue weighted by molar-refractivity contribution is 0.354. The Balaban J connectivity index is 1.98. The van der Waals surface area contributed by atoms with Gasteiger partial charge in [-0.3, -0.25) is 4.79 Å². The highest BCUT2D eigenvalue weighted by molar-refractivity contribution is 7.16. The van der Waals surface area contributed by atoms with Gasteiger partial charge in [0.2, 0.25) is 4.96 Å². The molecule has 9 heteroatoms. The van der Waals surface area contributed by atoms with Gasteiger partial charge in [-0.15, -0.1) is 10.2 Å². The number of ether oxygens (including phenoxy) is 2. The number of hydrogen-bond donors (Lipinski definition) is 1. The molecule has 2 heterocycles. The Labute approximate surface area is 135 Å². The van der Waals surface area contributed by atoms with Crippen LogP contribution in [-0.4, -0.2) is 34.0 Å². The number of methoxy groups -OCH3 is 2. The molecule has 0 amide bonds. The second kappa shape index (κ2) is 6.31. The van der Waals surface area contributed by atoms with Crippen molar-refractivity contribution in [3.05, 3.63) is 44.8 Å². The van der Waals surface area contributed by atoms with Gasteiger partial charge in [-0.1, -0.05) is 17.4 Å². The average molecular weight is 333 g/mol. The summed E-state index contributed by atoms with van der Waals surface area (Å²) >= 11 is 1.25. The third-order valence-corrected chi connectivity index (χ3v) is 4.21. The molecule has 2 aromatic heterocycles. The topological polar surface area (TPSA) is 105 Å². The van der Waals surface area contributed by atoms with Crippen LogP contribution in [0.1, 0.15) is 16.3 Å². The second-order valence-corrected chi connectivity index (χ2v) is 5.75. The summed E-state index contributed by atoms with van der Waals surface area (Å²) in [6.45, 7) is 0.262. The average Bonchev–Trinajstić information content (AvgIpc) is 3.01. The van der Waals surface area contributed by atoms with Crippen molar-refractivity contribution in [2.45, 2.75) is 13.0 Å². The molecular weight excluding hydrogens is 318 g/mol. The van der Waals surface area contributed by atoms with Crippen LogP contribution in [0.2, 0.25) is 0 Å². The van der Waals surface area contributed by atoms with Gasteiger partial charge in [-0.25, -0.2) is 0 Å². The zero-order valence-corrected chi connectivity index (χ0v) is 13.5. The first-order valence-electron chi connectivity index (χ1n) is 6.81. The highest BCUT2D eigenvalue weighted by atomic mass is 32.1. The summed E-state index contributed by atoms with van der Waals surface area (Å²) in [5, 5.41) is 12.8. The molecule has 0 spiro atoms. The summed E-state index contributed by atoms with van der Waals surface area (Å²) in [7, 11) is 3.13. The van der Waals surface area contributed by atoms with Gasteiger partial charge in [-0.05, 0) is 17.7 Å². The quantitative estimate of drug-likeness (QED) is 0.729. The predicted octanol–water partition coefficient (Wildman–Crippen LogP) is 0.613. The van der Waals surface area contributed by atoms with E-state index >= 15 is 0 Å². The molecule has 23 heavy (non-hydrogen) atoms. The van der Waals surface area contributed by atoms with Gasteiger partial charge in [0.15, 0.2) is 11.5 Å². The van der Waals surface area contributed by atoms with Crippen LogP contribution in [-0.2, 0) is 13.0 Å². The second-order valence-electron chi connectivity index (χ2n) is 4.71. The first kappa shape index (κ1) is 15.4. The van der Waals surface area contributed by atoms with Crippen LogP contribution in [0.3, 0.4) is 0 Å². The molecule has 0 radical (unpaired) electrons. The summed E-state index contributed by atoms with van der Waals surface area (Å²) in [5.74, 6) is 1.22. The Morgan fingerprint density at radius 3 is 2.70 bits per heavy atom. The normalized spacial score (nSPS) is 10.9. The molecule has 3 aromatic rings. The molecule has 0 aliphatic rings. The number of fused-ring (bicyclic) bond motifs is 1. The Morgan fingerprint density at radius 2 is 2.00 bits per heavy atom. The molecule has 0 atom stereocenters. The molecule has 0 unspecified atom stereocenters. The number of rotatable bonds is 5. The molecular formula is C14H15N5O3S. The van der Waals surface area contributed by atoms with Crippen LogP contribution < -0.4 is 20.8 Å². The van der Waals surface area contributed by atoms with E-state index < -0.39 is 0 Å². The minimum atomic E-state index is -0.291. The van der Waals surface area contributed by atoms with E-state index in [0.29, 0.717) is 33.6 Å². The van der Waals surface area contributed by atoms with Gasteiger partial charge in [0, 0.05) is 13.0 Å². The van der Waals surface area contributed by atoms with E-state index in [4.69, 9.17) is 15.2 Å². The monoisotopic (exact) mass is 333 g/mol. The molecule has 0 fully saturated rings. The van der Waals surface area contributed by atoms with E-state index in [9.17, 15) is 4.79 Å². The van der Waals surface area contributed by atoms with Crippen LogP contribution in [0, 0.1) is 0 Å². The summed E-state index contributed by atoms with van der Waals surface area (Å²) in [4.78, 5) is 12.9. The molecule has 2 N–H and O–H groups in total. The lowest BCUT2D eigenvalue weighted by Gasteiger charge is -2.09. The fraction of sp³-hybridized carbons (Fsp3) is 0.286. The maximum absolute atomic E-state index is 12.4. The molecule has 0 saturated heterocycles. The molecule has 0 bridgehead atoms. The van der Waals surface area contributed by atoms with E-state index in [1.165, 1.54) is 15.9 Å². The first-order chi connectivity index (χ1) is 11.2. The summed E-state index contributed by atoms with van der Waals surface area (Å²) in [5.41, 5.74) is 6.43. The van der Waals surface area contributed by atoms with E-state index in [1.54, 1.807) is 26.4 Å². The Bertz CT molecular complexity index is 905. The van der Waals surface area contributed by atoms with E-state index in [2.05, 4.69) is 15.3 Å². The van der Waals surface area contributed by atoms with Crippen LogP contribution in [0.5, 0.6) is 11.5 Å². The molecule has 8 nitrogen and oxygen atoms in total. The highest BCUT2D eigenvalue weighted by Crippen LogP contribution is 2.28. The van der Waals surface area contributed by atoms with E-state index in [-0.39, 0.29) is 12.1 Å². The Morgan fingerprint density at radius 1 is 1.22 bits per heavy atom. The largest absolute Gasteiger partial charge is 0.493 e. The predicted molar refractivity (Wildman–Crippen MR) is 85.2 cm³/mol. The van der Waals surface area contributed by atoms with E-state index in [0.717, 1.165) is 5.56 Å². The highest BCUT2D eigenvalue weighted by Gasteiger charge is 2.13. The minimum absolute atomic E-state index is 0.262. The third kappa shape index (κ3) is 2.88. The summed E-state index contributed by atoms with van der Waals surface area (Å²) in [6, 6.07) is 5.44. The lowest BCUT2D eigenvalue weighted by atomic mass is 10.1. The number of aromatic nitrogens is 4. The molecule has 3 rings (SSSR count). The fourth-order valence-corrected chi connectivity index (χ4v) is 2.87. The number of nitrogens with zero attached hydrogens (tertiary/aromatic N) is 4. The van der Waals surface area contributed by atoms with Crippen LogP contribution in [0.15, 0.2) is 23.0 Å². The number of hydrogen-bond acceptors (Lipinski definition) is 8. The van der Waals surface area contributed by atoms with Gasteiger partial charge in [0.25, 0.3) is 5.56 Å². The minimum Gasteiger partial charge on any atom is -0.493 e. The van der Waals surface area contributed by atoms with Crippen molar-refractivity contribution in [1.82, 2.24) is 19.8 Å². The van der Waals surface area contributed by atoms with Crippen molar-refractivity contribution in [1.29, 1.82) is 0 Å². The van der Waals surface area contributed by atoms with Gasteiger partial charge in [-0.2, -0.15) is 9.61 Å². The Hall–Kier alpha value is -2.52. The number of nitrogens with two attached hydrogens (primary N) is 1. The molecule has 0 aliphatic carbocycles. The van der Waals surface area contributed by atoms with Crippen molar-refractivity contribution >= 4 is 16.3 Å². The van der Waals surface area contributed by atoms with Gasteiger partial charge in [0.1, 0.15) is 10.7 Å².